The van der Waals surface area contributed by atoms with Crippen LogP contribution in [0, 0.1) is 23.7 Å². The van der Waals surface area contributed by atoms with Crippen molar-refractivity contribution in [1.82, 2.24) is 10.2 Å². The van der Waals surface area contributed by atoms with Crippen LogP contribution < -0.4 is 11.1 Å². The highest BCUT2D eigenvalue weighted by atomic mass is 16.2. The first kappa shape index (κ1) is 16.2. The van der Waals surface area contributed by atoms with E-state index in [-0.39, 0.29) is 54.5 Å². The third-order valence-electron chi connectivity index (χ3n) is 5.47. The van der Waals surface area contributed by atoms with E-state index in [2.05, 4.69) is 17.5 Å². The molecule has 1 saturated heterocycles. The molecule has 3 aliphatic rings. The Balaban J connectivity index is 1.55. The molecule has 3 rings (SSSR count). The van der Waals surface area contributed by atoms with Gasteiger partial charge in [-0.05, 0) is 31.6 Å². The number of amides is 3. The highest BCUT2D eigenvalue weighted by molar-refractivity contribution is 6.06. The fourth-order valence-corrected chi connectivity index (χ4v) is 4.30. The summed E-state index contributed by atoms with van der Waals surface area (Å²) in [6.45, 7) is 4.17. The first-order valence-corrected chi connectivity index (χ1v) is 8.47. The molecular formula is C17H25N3O3. The number of hydrogen-bond acceptors (Lipinski definition) is 4. The number of rotatable bonds is 6. The third kappa shape index (κ3) is 2.59. The van der Waals surface area contributed by atoms with E-state index < -0.39 is 5.54 Å². The van der Waals surface area contributed by atoms with Crippen molar-refractivity contribution >= 4 is 17.7 Å². The molecule has 6 nitrogen and oxygen atoms in total. The summed E-state index contributed by atoms with van der Waals surface area (Å²) in [6, 6.07) is 0. The summed E-state index contributed by atoms with van der Waals surface area (Å²) in [6.07, 6.45) is 6.50. The number of nitrogens with one attached hydrogen (secondary N) is 1. The Kier molecular flexibility index (Phi) is 4.04. The van der Waals surface area contributed by atoms with Crippen molar-refractivity contribution < 1.29 is 14.4 Å². The second-order valence-corrected chi connectivity index (χ2v) is 7.25. The molecule has 0 aromatic carbocycles. The lowest BCUT2D eigenvalue weighted by Gasteiger charge is -2.24. The summed E-state index contributed by atoms with van der Waals surface area (Å²) in [5.74, 6) is -0.289. The van der Waals surface area contributed by atoms with Gasteiger partial charge in [0.05, 0.1) is 17.4 Å². The van der Waals surface area contributed by atoms with Crippen LogP contribution in [0.15, 0.2) is 12.2 Å². The number of allylic oxidation sites excluding steroid dienone is 2. The Morgan fingerprint density at radius 2 is 1.87 bits per heavy atom. The fraction of sp³-hybridized carbons (Fsp3) is 0.706. The normalized spacial score (nSPS) is 34.0. The first-order valence-electron chi connectivity index (χ1n) is 8.47. The van der Waals surface area contributed by atoms with Gasteiger partial charge in [-0.25, -0.2) is 0 Å². The summed E-state index contributed by atoms with van der Waals surface area (Å²) in [5.41, 5.74) is 5.06. The van der Waals surface area contributed by atoms with E-state index in [1.165, 1.54) is 4.90 Å². The molecule has 6 heteroatoms. The SMILES string of the molecule is CCCC(C)(N)C(=O)NCCN1C(=O)C2C3C=CC(C3)C2C1=O. The number of likely N-dealkylation sites (tertiary alicyclic amines) is 1. The second-order valence-electron chi connectivity index (χ2n) is 7.25. The first-order chi connectivity index (χ1) is 10.9. The topological polar surface area (TPSA) is 92.5 Å². The van der Waals surface area contributed by atoms with E-state index in [1.54, 1.807) is 6.92 Å². The van der Waals surface area contributed by atoms with E-state index >= 15 is 0 Å². The second kappa shape index (κ2) is 5.74. The van der Waals surface area contributed by atoms with Gasteiger partial charge in [-0.15, -0.1) is 0 Å². The molecule has 0 spiro atoms. The van der Waals surface area contributed by atoms with Crippen molar-refractivity contribution in [3.8, 4) is 0 Å². The zero-order valence-electron chi connectivity index (χ0n) is 13.7. The third-order valence-corrected chi connectivity index (χ3v) is 5.47. The lowest BCUT2D eigenvalue weighted by atomic mass is 9.85. The fourth-order valence-electron chi connectivity index (χ4n) is 4.30. The van der Waals surface area contributed by atoms with Gasteiger partial charge in [-0.1, -0.05) is 25.5 Å². The van der Waals surface area contributed by atoms with E-state index in [1.807, 2.05) is 6.92 Å². The minimum absolute atomic E-state index is 0.0739. The van der Waals surface area contributed by atoms with Gasteiger partial charge in [0.25, 0.3) is 0 Å². The summed E-state index contributed by atoms with van der Waals surface area (Å²) >= 11 is 0. The van der Waals surface area contributed by atoms with Crippen molar-refractivity contribution in [2.45, 2.75) is 38.6 Å². The maximum absolute atomic E-state index is 12.5. The molecule has 3 N–H and O–H groups in total. The highest BCUT2D eigenvalue weighted by Crippen LogP contribution is 2.52. The molecular weight excluding hydrogens is 294 g/mol. The molecule has 126 valence electrons. The average Bonchev–Trinajstić information content (AvgIpc) is 3.16. The number of fused-ring (bicyclic) bond motifs is 5. The van der Waals surface area contributed by atoms with E-state index in [0.717, 1.165) is 12.8 Å². The molecule has 2 aliphatic carbocycles. The number of carbonyl (C=O) groups excluding carboxylic acids is 3. The maximum Gasteiger partial charge on any atom is 0.239 e. The standard InChI is InChI=1S/C17H25N3O3/c1-3-6-17(2,18)16(23)19-7-8-20-14(21)12-10-4-5-11(9-10)13(12)15(20)22/h4-5,10-13H,3,6-9,18H2,1-2H3,(H,19,23). The van der Waals surface area contributed by atoms with Crippen LogP contribution in [-0.2, 0) is 14.4 Å². The molecule has 0 radical (unpaired) electrons. The van der Waals surface area contributed by atoms with Crippen molar-refractivity contribution in [3.05, 3.63) is 12.2 Å². The van der Waals surface area contributed by atoms with Crippen LogP contribution in [0.1, 0.15) is 33.1 Å². The summed E-state index contributed by atoms with van der Waals surface area (Å²) in [5, 5.41) is 2.75. The average molecular weight is 319 g/mol. The lowest BCUT2D eigenvalue weighted by molar-refractivity contribution is -0.141. The largest absolute Gasteiger partial charge is 0.353 e. The number of nitrogens with two attached hydrogens (primary N) is 1. The van der Waals surface area contributed by atoms with Crippen LogP contribution in [0.25, 0.3) is 0 Å². The molecule has 5 unspecified atom stereocenters. The molecule has 23 heavy (non-hydrogen) atoms. The van der Waals surface area contributed by atoms with Crippen molar-refractivity contribution in [1.29, 1.82) is 0 Å². The zero-order valence-corrected chi connectivity index (χ0v) is 13.7. The number of hydrogen-bond donors (Lipinski definition) is 2. The molecule has 1 saturated carbocycles. The van der Waals surface area contributed by atoms with E-state index in [4.69, 9.17) is 5.73 Å². The molecule has 1 aliphatic heterocycles. The molecule has 5 atom stereocenters. The van der Waals surface area contributed by atoms with Gasteiger partial charge in [0.2, 0.25) is 17.7 Å². The van der Waals surface area contributed by atoms with Gasteiger partial charge < -0.3 is 11.1 Å². The molecule has 2 bridgehead atoms. The maximum atomic E-state index is 12.5. The van der Waals surface area contributed by atoms with Gasteiger partial charge in [0.15, 0.2) is 0 Å². The van der Waals surface area contributed by atoms with Gasteiger partial charge in [0.1, 0.15) is 0 Å². The lowest BCUT2D eigenvalue weighted by Crippen LogP contribution is -2.53. The summed E-state index contributed by atoms with van der Waals surface area (Å²) < 4.78 is 0. The van der Waals surface area contributed by atoms with Gasteiger partial charge in [0, 0.05) is 13.1 Å². The minimum atomic E-state index is -0.909. The van der Waals surface area contributed by atoms with Gasteiger partial charge in [-0.3, -0.25) is 19.3 Å². The Labute approximate surface area is 136 Å². The smallest absolute Gasteiger partial charge is 0.239 e. The van der Waals surface area contributed by atoms with Crippen LogP contribution in [0.3, 0.4) is 0 Å². The van der Waals surface area contributed by atoms with Crippen LogP contribution in [0.5, 0.6) is 0 Å². The van der Waals surface area contributed by atoms with Crippen molar-refractivity contribution in [2.75, 3.05) is 13.1 Å². The molecule has 2 fully saturated rings. The number of carbonyl (C=O) groups is 3. The van der Waals surface area contributed by atoms with Crippen LogP contribution in [-0.4, -0.2) is 41.2 Å². The summed E-state index contributed by atoms with van der Waals surface area (Å²) in [7, 11) is 0. The molecule has 0 aromatic heterocycles. The van der Waals surface area contributed by atoms with Crippen molar-refractivity contribution in [2.24, 2.45) is 29.4 Å². The Bertz CT molecular complexity index is 539. The number of nitrogens with zero attached hydrogens (tertiary/aromatic N) is 1. The molecule has 3 amide bonds. The zero-order chi connectivity index (χ0) is 16.8. The van der Waals surface area contributed by atoms with Crippen LogP contribution in [0.2, 0.25) is 0 Å². The van der Waals surface area contributed by atoms with E-state index in [0.29, 0.717) is 6.42 Å². The van der Waals surface area contributed by atoms with Gasteiger partial charge in [-0.2, -0.15) is 0 Å². The predicted octanol–water partition coefficient (Wildman–Crippen LogP) is 0.427. The molecule has 1 heterocycles. The Morgan fingerprint density at radius 1 is 1.30 bits per heavy atom. The van der Waals surface area contributed by atoms with Crippen LogP contribution in [0.4, 0.5) is 0 Å². The predicted molar refractivity (Wildman–Crippen MR) is 84.9 cm³/mol. The Hall–Kier alpha value is -1.69. The van der Waals surface area contributed by atoms with Gasteiger partial charge >= 0.3 is 0 Å². The summed E-state index contributed by atoms with van der Waals surface area (Å²) in [4.78, 5) is 38.4. The Morgan fingerprint density at radius 3 is 2.39 bits per heavy atom. The quantitative estimate of drug-likeness (QED) is 0.548. The number of imide groups is 1. The molecule has 0 aromatic rings. The van der Waals surface area contributed by atoms with E-state index in [9.17, 15) is 14.4 Å². The van der Waals surface area contributed by atoms with Crippen LogP contribution >= 0.6 is 0 Å². The minimum Gasteiger partial charge on any atom is -0.353 e. The monoisotopic (exact) mass is 319 g/mol. The highest BCUT2D eigenvalue weighted by Gasteiger charge is 2.58. The van der Waals surface area contributed by atoms with Crippen molar-refractivity contribution in [3.63, 3.8) is 0 Å².